The van der Waals surface area contributed by atoms with Crippen LogP contribution >= 0.6 is 15.9 Å². The summed E-state index contributed by atoms with van der Waals surface area (Å²) in [4.78, 5) is 13.6. The minimum Gasteiger partial charge on any atom is -0.465 e. The number of esters is 1. The van der Waals surface area contributed by atoms with Gasteiger partial charge in [0.1, 0.15) is 6.04 Å². The number of hydrogen-bond acceptors (Lipinski definition) is 3. The van der Waals surface area contributed by atoms with Gasteiger partial charge in [-0.2, -0.15) is 0 Å². The third kappa shape index (κ3) is 3.10. The predicted molar refractivity (Wildman–Crippen MR) is 59.3 cm³/mol. The zero-order chi connectivity index (χ0) is 10.6. The minimum absolute atomic E-state index is 0.0655. The molecule has 0 N–H and O–H groups in total. The van der Waals surface area contributed by atoms with Crippen molar-refractivity contribution in [2.45, 2.75) is 25.8 Å². The Balaban J connectivity index is 2.50. The number of carbonyl (C=O) groups is 1. The first-order valence-electron chi connectivity index (χ1n) is 4.89. The predicted octanol–water partition coefficient (Wildman–Crippen LogP) is 1.92. The molecule has 3 nitrogen and oxygen atoms in total. The van der Waals surface area contributed by atoms with Crippen molar-refractivity contribution in [2.24, 2.45) is 0 Å². The number of ether oxygens (including phenoxy) is 1. The van der Waals surface area contributed by atoms with Crippen molar-refractivity contribution >= 4 is 21.9 Å². The smallest absolute Gasteiger partial charge is 0.323 e. The zero-order valence-electron chi connectivity index (χ0n) is 8.46. The van der Waals surface area contributed by atoms with Crippen LogP contribution in [-0.4, -0.2) is 36.6 Å². The number of carbonyl (C=O) groups excluding carboxylic acids is 1. The molecule has 1 heterocycles. The molecule has 0 spiro atoms. The maximum atomic E-state index is 11.5. The van der Waals surface area contributed by atoms with E-state index in [1.807, 2.05) is 6.92 Å². The van der Waals surface area contributed by atoms with Gasteiger partial charge in [-0.05, 0) is 26.3 Å². The largest absolute Gasteiger partial charge is 0.465 e. The van der Waals surface area contributed by atoms with Gasteiger partial charge in [-0.15, -0.1) is 0 Å². The first kappa shape index (κ1) is 11.7. The molecular formula is C10H16BrNO2. The number of hydrogen-bond donors (Lipinski definition) is 0. The van der Waals surface area contributed by atoms with Gasteiger partial charge in [0.25, 0.3) is 0 Å². The molecule has 1 saturated heterocycles. The van der Waals surface area contributed by atoms with Gasteiger partial charge in [0.05, 0.1) is 6.61 Å². The molecule has 0 radical (unpaired) electrons. The van der Waals surface area contributed by atoms with E-state index in [0.29, 0.717) is 6.61 Å². The van der Waals surface area contributed by atoms with Gasteiger partial charge in [0.15, 0.2) is 0 Å². The van der Waals surface area contributed by atoms with E-state index in [0.717, 1.165) is 30.4 Å². The summed E-state index contributed by atoms with van der Waals surface area (Å²) < 4.78 is 5.92. The summed E-state index contributed by atoms with van der Waals surface area (Å²) in [6, 6.07) is -0.0655. The normalized spacial score (nSPS) is 22.3. The maximum Gasteiger partial charge on any atom is 0.323 e. The van der Waals surface area contributed by atoms with Crippen LogP contribution < -0.4 is 0 Å². The second-order valence-corrected chi connectivity index (χ2v) is 4.52. The molecule has 0 aliphatic carbocycles. The Morgan fingerprint density at radius 3 is 3.00 bits per heavy atom. The number of likely N-dealkylation sites (tertiary alicyclic amines) is 1. The Kier molecular flexibility index (Phi) is 4.62. The maximum absolute atomic E-state index is 11.5. The Morgan fingerprint density at radius 1 is 1.71 bits per heavy atom. The van der Waals surface area contributed by atoms with Crippen LogP contribution in [0.3, 0.4) is 0 Å². The highest BCUT2D eigenvalue weighted by molar-refractivity contribution is 9.11. The standard InChI is InChI=1S/C10H16BrNO2/c1-3-14-10(13)9-5-4-6-12(9)7-8(2)11/h9H,2-7H2,1H3. The fraction of sp³-hybridized carbons (Fsp3) is 0.700. The molecule has 4 heteroatoms. The van der Waals surface area contributed by atoms with E-state index in [1.54, 1.807) is 0 Å². The SMILES string of the molecule is C=C(Br)CN1CCCC1C(=O)OCC. The lowest BCUT2D eigenvalue weighted by Crippen LogP contribution is -2.37. The molecule has 0 bridgehead atoms. The van der Waals surface area contributed by atoms with Crippen molar-refractivity contribution in [2.75, 3.05) is 19.7 Å². The molecule has 14 heavy (non-hydrogen) atoms. The van der Waals surface area contributed by atoms with Crippen LogP contribution in [-0.2, 0) is 9.53 Å². The molecule has 1 atom stereocenters. The average Bonchev–Trinajstić information content (AvgIpc) is 2.51. The minimum atomic E-state index is -0.0984. The fourth-order valence-electron chi connectivity index (χ4n) is 1.74. The second-order valence-electron chi connectivity index (χ2n) is 3.40. The first-order chi connectivity index (χ1) is 6.65. The van der Waals surface area contributed by atoms with Crippen LogP contribution in [0, 0.1) is 0 Å². The Labute approximate surface area is 93.2 Å². The molecule has 1 aliphatic rings. The fourth-order valence-corrected chi connectivity index (χ4v) is 2.06. The van der Waals surface area contributed by atoms with Crippen LogP contribution in [0.25, 0.3) is 0 Å². The summed E-state index contributed by atoms with van der Waals surface area (Å²) in [5.74, 6) is -0.0984. The Morgan fingerprint density at radius 2 is 2.43 bits per heavy atom. The summed E-state index contributed by atoms with van der Waals surface area (Å²) in [7, 11) is 0. The van der Waals surface area contributed by atoms with E-state index >= 15 is 0 Å². The summed E-state index contributed by atoms with van der Waals surface area (Å²) in [5, 5.41) is 0. The van der Waals surface area contributed by atoms with Crippen LogP contribution in [0.1, 0.15) is 19.8 Å². The second kappa shape index (κ2) is 5.51. The highest BCUT2D eigenvalue weighted by Gasteiger charge is 2.31. The van der Waals surface area contributed by atoms with Gasteiger partial charge in [0, 0.05) is 11.0 Å². The van der Waals surface area contributed by atoms with Crippen LogP contribution in [0.4, 0.5) is 0 Å². The third-order valence-corrected chi connectivity index (χ3v) is 2.55. The van der Waals surface area contributed by atoms with E-state index in [-0.39, 0.29) is 12.0 Å². The lowest BCUT2D eigenvalue weighted by molar-refractivity contribution is -0.148. The van der Waals surface area contributed by atoms with E-state index in [2.05, 4.69) is 27.4 Å². The lowest BCUT2D eigenvalue weighted by Gasteiger charge is -2.21. The number of rotatable bonds is 4. The van der Waals surface area contributed by atoms with E-state index < -0.39 is 0 Å². The molecule has 0 aromatic carbocycles. The zero-order valence-corrected chi connectivity index (χ0v) is 10.0. The Bertz CT molecular complexity index is 230. The van der Waals surface area contributed by atoms with Gasteiger partial charge in [-0.25, -0.2) is 0 Å². The van der Waals surface area contributed by atoms with Crippen LogP contribution in [0.5, 0.6) is 0 Å². The van der Waals surface area contributed by atoms with Crippen LogP contribution in [0.15, 0.2) is 11.1 Å². The van der Waals surface area contributed by atoms with Crippen molar-refractivity contribution < 1.29 is 9.53 Å². The first-order valence-corrected chi connectivity index (χ1v) is 5.68. The monoisotopic (exact) mass is 261 g/mol. The molecule has 0 aromatic heterocycles. The van der Waals surface area contributed by atoms with Crippen molar-refractivity contribution in [1.29, 1.82) is 0 Å². The summed E-state index contributed by atoms with van der Waals surface area (Å²) >= 11 is 3.31. The van der Waals surface area contributed by atoms with Gasteiger partial charge >= 0.3 is 5.97 Å². The van der Waals surface area contributed by atoms with E-state index in [9.17, 15) is 4.79 Å². The molecule has 0 amide bonds. The molecule has 1 aliphatic heterocycles. The van der Waals surface area contributed by atoms with Crippen molar-refractivity contribution in [3.05, 3.63) is 11.1 Å². The van der Waals surface area contributed by atoms with Gasteiger partial charge in [-0.3, -0.25) is 9.69 Å². The molecule has 80 valence electrons. The highest BCUT2D eigenvalue weighted by atomic mass is 79.9. The molecule has 1 rings (SSSR count). The molecule has 0 aromatic rings. The van der Waals surface area contributed by atoms with Crippen molar-refractivity contribution in [3.63, 3.8) is 0 Å². The van der Waals surface area contributed by atoms with Gasteiger partial charge in [-0.1, -0.05) is 22.5 Å². The molecule has 1 unspecified atom stereocenters. The van der Waals surface area contributed by atoms with E-state index in [4.69, 9.17) is 4.74 Å². The summed E-state index contributed by atoms with van der Waals surface area (Å²) in [5.41, 5.74) is 0. The summed E-state index contributed by atoms with van der Waals surface area (Å²) in [6.07, 6.45) is 1.96. The number of halogens is 1. The number of nitrogens with zero attached hydrogens (tertiary/aromatic N) is 1. The van der Waals surface area contributed by atoms with Crippen molar-refractivity contribution in [3.8, 4) is 0 Å². The molecule has 0 saturated carbocycles. The highest BCUT2D eigenvalue weighted by Crippen LogP contribution is 2.20. The van der Waals surface area contributed by atoms with Gasteiger partial charge in [0.2, 0.25) is 0 Å². The van der Waals surface area contributed by atoms with Crippen LogP contribution in [0.2, 0.25) is 0 Å². The molecular weight excluding hydrogens is 246 g/mol. The topological polar surface area (TPSA) is 29.5 Å². The average molecular weight is 262 g/mol. The molecule has 1 fully saturated rings. The quantitative estimate of drug-likeness (QED) is 0.725. The van der Waals surface area contributed by atoms with Gasteiger partial charge < -0.3 is 4.74 Å². The van der Waals surface area contributed by atoms with Crippen molar-refractivity contribution in [1.82, 2.24) is 4.90 Å². The summed E-state index contributed by atoms with van der Waals surface area (Å²) in [6.45, 7) is 7.75. The lowest BCUT2D eigenvalue weighted by atomic mass is 10.2. The third-order valence-electron chi connectivity index (χ3n) is 2.30. The Hall–Kier alpha value is -0.350. The van der Waals surface area contributed by atoms with E-state index in [1.165, 1.54) is 0 Å².